The fraction of sp³-hybridized carbons (Fsp3) is 0.435. The van der Waals surface area contributed by atoms with Gasteiger partial charge >= 0.3 is 6.09 Å². The van der Waals surface area contributed by atoms with Crippen LogP contribution in [0.15, 0.2) is 33.0 Å². The number of benzene rings is 1. The second kappa shape index (κ2) is 10.6. The molecule has 1 aromatic carbocycles. The summed E-state index contributed by atoms with van der Waals surface area (Å²) in [6.07, 6.45) is 2.85. The van der Waals surface area contributed by atoms with Crippen LogP contribution in [-0.2, 0) is 11.3 Å². The first-order valence-electron chi connectivity index (χ1n) is 11.8. The van der Waals surface area contributed by atoms with E-state index in [0.29, 0.717) is 53.3 Å². The maximum absolute atomic E-state index is 12.7. The molecule has 2 atom stereocenters. The Balaban J connectivity index is 1.35. The van der Waals surface area contributed by atoms with Crippen molar-refractivity contribution in [3.05, 3.63) is 22.9 Å². The Labute approximate surface area is 225 Å². The second-order valence-electron chi connectivity index (χ2n) is 8.97. The Hall–Kier alpha value is -3.26. The van der Waals surface area contributed by atoms with Crippen molar-refractivity contribution in [2.75, 3.05) is 25.6 Å². The van der Waals surface area contributed by atoms with Crippen molar-refractivity contribution in [2.24, 2.45) is 5.92 Å². The standard InChI is InChI=1S/C23H26BrN7O5S/c1-12(28-23(33)34)21(32)30-5-2-3-13(9-30)4-6-31-20-18(19(25)26-10-27-20)29-22(31)37-17-8-16-15(7-14(17)24)35-11-36-16/h7-8,10,12-13,28H,2-6,9,11H2,1H3,(H,33,34)(H2,25,26,27)/t12-,13?/m1/s1. The molecule has 1 unspecified atom stereocenters. The van der Waals surface area contributed by atoms with Crippen LogP contribution in [-0.4, -0.2) is 67.5 Å². The van der Waals surface area contributed by atoms with E-state index in [4.69, 9.17) is 25.3 Å². The van der Waals surface area contributed by atoms with Crippen LogP contribution in [0, 0.1) is 5.92 Å². The lowest BCUT2D eigenvalue weighted by Crippen LogP contribution is -2.49. The van der Waals surface area contributed by atoms with Crippen LogP contribution in [0.5, 0.6) is 11.5 Å². The summed E-state index contributed by atoms with van der Waals surface area (Å²) in [4.78, 5) is 39.6. The number of nitrogens with two attached hydrogens (primary N) is 1. The van der Waals surface area contributed by atoms with Crippen LogP contribution in [0.4, 0.5) is 10.6 Å². The maximum Gasteiger partial charge on any atom is 0.405 e. The molecule has 0 saturated carbocycles. The van der Waals surface area contributed by atoms with E-state index in [1.165, 1.54) is 18.1 Å². The van der Waals surface area contributed by atoms with Gasteiger partial charge in [-0.25, -0.2) is 19.7 Å². The Kier molecular flexibility index (Phi) is 7.29. The Morgan fingerprint density at radius 3 is 2.89 bits per heavy atom. The number of likely N-dealkylation sites (tertiary alicyclic amines) is 1. The average Bonchev–Trinajstić information content (AvgIpc) is 3.46. The van der Waals surface area contributed by atoms with Crippen molar-refractivity contribution in [3.63, 3.8) is 0 Å². The molecule has 12 nitrogen and oxygen atoms in total. The number of aromatic nitrogens is 4. The maximum atomic E-state index is 12.7. The van der Waals surface area contributed by atoms with Gasteiger partial charge in [-0.2, -0.15) is 0 Å². The number of imidazole rings is 1. The van der Waals surface area contributed by atoms with Gasteiger partial charge in [-0.3, -0.25) is 4.79 Å². The number of hydrogen-bond donors (Lipinski definition) is 3. The number of nitrogen functional groups attached to an aromatic ring is 1. The molecule has 0 radical (unpaired) electrons. The lowest BCUT2D eigenvalue weighted by Gasteiger charge is -2.34. The van der Waals surface area contributed by atoms with E-state index in [9.17, 15) is 9.59 Å². The molecule has 3 aromatic rings. The van der Waals surface area contributed by atoms with Crippen molar-refractivity contribution in [1.82, 2.24) is 29.7 Å². The molecule has 2 aromatic heterocycles. The van der Waals surface area contributed by atoms with Gasteiger partial charge in [0.25, 0.3) is 0 Å². The van der Waals surface area contributed by atoms with E-state index in [0.717, 1.165) is 28.6 Å². The number of rotatable bonds is 7. The van der Waals surface area contributed by atoms with Crippen molar-refractivity contribution < 1.29 is 24.2 Å². The van der Waals surface area contributed by atoms with E-state index in [1.54, 1.807) is 11.8 Å². The molecule has 0 aliphatic carbocycles. The molecule has 1 saturated heterocycles. The number of nitrogens with zero attached hydrogens (tertiary/aromatic N) is 5. The lowest BCUT2D eigenvalue weighted by atomic mass is 9.94. The summed E-state index contributed by atoms with van der Waals surface area (Å²) in [7, 11) is 0. The fourth-order valence-electron chi connectivity index (χ4n) is 4.62. The highest BCUT2D eigenvalue weighted by Gasteiger charge is 2.28. The Bertz CT molecular complexity index is 1350. The summed E-state index contributed by atoms with van der Waals surface area (Å²) in [6.45, 7) is 3.57. The van der Waals surface area contributed by atoms with E-state index >= 15 is 0 Å². The summed E-state index contributed by atoms with van der Waals surface area (Å²) in [5.74, 6) is 1.71. The van der Waals surface area contributed by atoms with Crippen LogP contribution in [0.25, 0.3) is 11.2 Å². The van der Waals surface area contributed by atoms with Gasteiger partial charge in [-0.1, -0.05) is 11.8 Å². The van der Waals surface area contributed by atoms with Gasteiger partial charge in [0.1, 0.15) is 12.4 Å². The van der Waals surface area contributed by atoms with Crippen LogP contribution in [0.2, 0.25) is 0 Å². The Morgan fingerprint density at radius 2 is 2.11 bits per heavy atom. The minimum Gasteiger partial charge on any atom is -0.465 e. The first-order chi connectivity index (χ1) is 17.8. The highest BCUT2D eigenvalue weighted by molar-refractivity contribution is 9.10. The van der Waals surface area contributed by atoms with E-state index < -0.39 is 12.1 Å². The molecule has 4 N–H and O–H groups in total. The molecule has 4 heterocycles. The Morgan fingerprint density at radius 1 is 1.32 bits per heavy atom. The van der Waals surface area contributed by atoms with E-state index in [-0.39, 0.29) is 18.6 Å². The number of carboxylic acid groups (broad SMARTS) is 1. The number of fused-ring (bicyclic) bond motifs is 2. The minimum absolute atomic E-state index is 0.187. The molecule has 0 bridgehead atoms. The number of amides is 2. The van der Waals surface area contributed by atoms with Gasteiger partial charge in [-0.05, 0) is 60.2 Å². The number of hydrogen-bond acceptors (Lipinski definition) is 9. The molecule has 2 amide bonds. The largest absolute Gasteiger partial charge is 0.465 e. The highest BCUT2D eigenvalue weighted by atomic mass is 79.9. The van der Waals surface area contributed by atoms with Gasteiger partial charge in [-0.15, -0.1) is 0 Å². The number of carbonyl (C=O) groups excluding carboxylic acids is 1. The smallest absolute Gasteiger partial charge is 0.405 e. The third-order valence-corrected chi connectivity index (χ3v) is 8.43. The zero-order valence-electron chi connectivity index (χ0n) is 20.0. The molecule has 1 fully saturated rings. The first kappa shape index (κ1) is 25.4. The summed E-state index contributed by atoms with van der Waals surface area (Å²) < 4.78 is 13.9. The van der Waals surface area contributed by atoms with Gasteiger partial charge in [0.05, 0.1) is 0 Å². The highest BCUT2D eigenvalue weighted by Crippen LogP contribution is 2.43. The molecule has 14 heteroatoms. The molecule has 5 rings (SSSR count). The SMILES string of the molecule is C[C@@H](NC(=O)O)C(=O)N1CCCC(CCn2c(Sc3cc4c(cc3Br)OCO4)nc3c(N)ncnc32)C1. The summed E-state index contributed by atoms with van der Waals surface area (Å²) in [5.41, 5.74) is 7.30. The molecular weight excluding hydrogens is 566 g/mol. The summed E-state index contributed by atoms with van der Waals surface area (Å²) >= 11 is 5.07. The normalized spacial score (nSPS) is 17.7. The van der Waals surface area contributed by atoms with Gasteiger partial charge in [0.15, 0.2) is 33.6 Å². The number of ether oxygens (including phenoxy) is 2. The van der Waals surface area contributed by atoms with Gasteiger partial charge in [0, 0.05) is 29.0 Å². The number of halogens is 1. The minimum atomic E-state index is -1.21. The van der Waals surface area contributed by atoms with Crippen molar-refractivity contribution >= 4 is 56.7 Å². The third-order valence-electron chi connectivity index (χ3n) is 6.46. The number of piperidine rings is 1. The quantitative estimate of drug-likeness (QED) is 0.372. The number of nitrogens with one attached hydrogen (secondary N) is 1. The molecule has 2 aliphatic heterocycles. The van der Waals surface area contributed by atoms with E-state index in [2.05, 4.69) is 31.2 Å². The topological polar surface area (TPSA) is 158 Å². The third kappa shape index (κ3) is 5.39. The first-order valence-corrected chi connectivity index (χ1v) is 13.4. The molecule has 37 heavy (non-hydrogen) atoms. The van der Waals surface area contributed by atoms with Crippen LogP contribution >= 0.6 is 27.7 Å². The lowest BCUT2D eigenvalue weighted by molar-refractivity contribution is -0.134. The summed E-state index contributed by atoms with van der Waals surface area (Å²) in [6, 6.07) is 3.00. The van der Waals surface area contributed by atoms with Crippen LogP contribution in [0.3, 0.4) is 0 Å². The zero-order valence-corrected chi connectivity index (χ0v) is 22.4. The number of anilines is 1. The van der Waals surface area contributed by atoms with Crippen molar-refractivity contribution in [3.8, 4) is 11.5 Å². The zero-order chi connectivity index (χ0) is 26.1. The van der Waals surface area contributed by atoms with Crippen LogP contribution in [0.1, 0.15) is 26.2 Å². The van der Waals surface area contributed by atoms with E-state index in [1.807, 2.05) is 16.7 Å². The monoisotopic (exact) mass is 591 g/mol. The number of carbonyl (C=O) groups is 2. The molecular formula is C23H26BrN7O5S. The molecule has 0 spiro atoms. The number of aryl methyl sites for hydroxylation is 1. The predicted molar refractivity (Wildman–Crippen MR) is 139 cm³/mol. The van der Waals surface area contributed by atoms with Crippen LogP contribution < -0.4 is 20.5 Å². The molecule has 2 aliphatic rings. The van der Waals surface area contributed by atoms with Crippen molar-refractivity contribution in [1.29, 1.82) is 0 Å². The van der Waals surface area contributed by atoms with Gasteiger partial charge in [0.2, 0.25) is 12.7 Å². The summed E-state index contributed by atoms with van der Waals surface area (Å²) in [5, 5.41) is 11.9. The predicted octanol–water partition coefficient (Wildman–Crippen LogP) is 3.34. The molecule has 196 valence electrons. The van der Waals surface area contributed by atoms with Gasteiger partial charge < -0.3 is 35.1 Å². The average molecular weight is 592 g/mol. The van der Waals surface area contributed by atoms with Crippen molar-refractivity contribution in [2.45, 2.75) is 48.8 Å². The fourth-order valence-corrected chi connectivity index (χ4v) is 6.13. The second-order valence-corrected chi connectivity index (χ2v) is 10.8.